The number of hydrogen-bond acceptors (Lipinski definition) is 7. The van der Waals surface area contributed by atoms with Crippen LogP contribution in [0.2, 0.25) is 0 Å². The van der Waals surface area contributed by atoms with Crippen LogP contribution in [-0.4, -0.2) is 60.2 Å². The van der Waals surface area contributed by atoms with Gasteiger partial charge in [0.15, 0.2) is 0 Å². The van der Waals surface area contributed by atoms with E-state index in [1.54, 1.807) is 34.8 Å². The van der Waals surface area contributed by atoms with Crippen LogP contribution < -0.4 is 5.32 Å². The highest BCUT2D eigenvalue weighted by molar-refractivity contribution is 5.95. The molecular weight excluding hydrogens is 414 g/mol. The Balaban J connectivity index is 1.24. The molecule has 1 N–H and O–H groups in total. The van der Waals surface area contributed by atoms with Gasteiger partial charge in [-0.25, -0.2) is 4.68 Å². The molecule has 1 saturated heterocycles. The highest BCUT2D eigenvalue weighted by Crippen LogP contribution is 2.33. The van der Waals surface area contributed by atoms with Gasteiger partial charge in [-0.05, 0) is 32.4 Å². The molecule has 1 atom stereocenters. The van der Waals surface area contributed by atoms with Crippen molar-refractivity contribution in [2.75, 3.05) is 13.1 Å². The van der Waals surface area contributed by atoms with Crippen molar-refractivity contribution in [3.05, 3.63) is 53.0 Å². The zero-order chi connectivity index (χ0) is 22.3. The smallest absolute Gasteiger partial charge is 0.269 e. The van der Waals surface area contributed by atoms with Gasteiger partial charge in [0.2, 0.25) is 0 Å². The first kappa shape index (κ1) is 20.4. The maximum Gasteiger partial charge on any atom is 0.269 e. The summed E-state index contributed by atoms with van der Waals surface area (Å²) in [6.45, 7) is 6.54. The number of nitrogens with one attached hydrogen (secondary N) is 1. The molecule has 11 nitrogen and oxygen atoms in total. The van der Waals surface area contributed by atoms with E-state index in [9.17, 15) is 9.59 Å². The van der Waals surface area contributed by atoms with Crippen molar-refractivity contribution in [2.24, 2.45) is 0 Å². The van der Waals surface area contributed by atoms with Gasteiger partial charge < -0.3 is 19.4 Å². The highest BCUT2D eigenvalue weighted by atomic mass is 16.5. The van der Waals surface area contributed by atoms with Crippen LogP contribution in [0.15, 0.2) is 29.0 Å². The number of likely N-dealkylation sites (tertiary alicyclic amines) is 1. The van der Waals surface area contributed by atoms with Crippen LogP contribution in [0, 0.1) is 6.92 Å². The van der Waals surface area contributed by atoms with Crippen LogP contribution in [-0.2, 0) is 31.0 Å². The molecule has 168 valence electrons. The van der Waals surface area contributed by atoms with Gasteiger partial charge >= 0.3 is 0 Å². The summed E-state index contributed by atoms with van der Waals surface area (Å²) < 4.78 is 15.0. The predicted molar refractivity (Wildman–Crippen MR) is 111 cm³/mol. The summed E-state index contributed by atoms with van der Waals surface area (Å²) in [5.41, 5.74) is 2.13. The Morgan fingerprint density at radius 1 is 1.28 bits per heavy atom. The number of carbonyl (C=O) groups is 2. The molecule has 2 amide bonds. The number of furan rings is 1. The number of ether oxygens (including phenoxy) is 1. The summed E-state index contributed by atoms with van der Waals surface area (Å²) in [7, 11) is 0. The third-order valence-corrected chi connectivity index (χ3v) is 6.23. The molecule has 5 heterocycles. The van der Waals surface area contributed by atoms with Crippen LogP contribution in [0.3, 0.4) is 0 Å². The molecule has 11 heteroatoms. The highest BCUT2D eigenvalue weighted by Gasteiger charge is 2.45. The van der Waals surface area contributed by atoms with Crippen molar-refractivity contribution in [1.29, 1.82) is 0 Å². The van der Waals surface area contributed by atoms with E-state index < -0.39 is 5.60 Å². The fraction of sp³-hybridized carbons (Fsp3) is 0.476. The molecular formula is C21H25N7O4. The second-order valence-corrected chi connectivity index (χ2v) is 8.19. The molecule has 1 spiro atoms. The van der Waals surface area contributed by atoms with Crippen LogP contribution in [0.4, 0.5) is 0 Å². The number of rotatable bonds is 5. The average molecular weight is 439 g/mol. The largest absolute Gasteiger partial charge is 0.469 e. The first-order chi connectivity index (χ1) is 15.5. The van der Waals surface area contributed by atoms with Gasteiger partial charge in [-0.1, -0.05) is 5.21 Å². The van der Waals surface area contributed by atoms with Crippen LogP contribution >= 0.6 is 0 Å². The SMILES string of the molecule is CCn1nccc1C(=O)NCc1nnn2c1COC1(CCN(C(=O)c3ccoc3C)C1)C2. The monoisotopic (exact) mass is 439 g/mol. The van der Waals surface area contributed by atoms with Crippen LogP contribution in [0.1, 0.15) is 51.3 Å². The Labute approximate surface area is 184 Å². The molecule has 0 aliphatic carbocycles. The lowest BCUT2D eigenvalue weighted by Crippen LogP contribution is -2.45. The lowest BCUT2D eigenvalue weighted by atomic mass is 10.0. The van der Waals surface area contributed by atoms with E-state index in [2.05, 4.69) is 20.7 Å². The van der Waals surface area contributed by atoms with Gasteiger partial charge in [-0.15, -0.1) is 5.10 Å². The second-order valence-electron chi connectivity index (χ2n) is 8.19. The summed E-state index contributed by atoms with van der Waals surface area (Å²) in [5.74, 6) is 0.363. The van der Waals surface area contributed by atoms with Gasteiger partial charge in [0.05, 0.1) is 43.8 Å². The number of carbonyl (C=O) groups excluding carboxylic acids is 2. The fourth-order valence-corrected chi connectivity index (χ4v) is 4.41. The second kappa shape index (κ2) is 7.90. The maximum atomic E-state index is 12.8. The van der Waals surface area contributed by atoms with Crippen molar-refractivity contribution >= 4 is 11.8 Å². The predicted octanol–water partition coefficient (Wildman–Crippen LogP) is 1.14. The summed E-state index contributed by atoms with van der Waals surface area (Å²) in [6.07, 6.45) is 3.86. The average Bonchev–Trinajstić information content (AvgIpc) is 3.58. The molecule has 0 aromatic carbocycles. The summed E-state index contributed by atoms with van der Waals surface area (Å²) >= 11 is 0. The van der Waals surface area contributed by atoms with Gasteiger partial charge in [0.25, 0.3) is 11.8 Å². The van der Waals surface area contributed by atoms with E-state index in [0.29, 0.717) is 55.5 Å². The number of amides is 2. The zero-order valence-corrected chi connectivity index (χ0v) is 18.1. The van der Waals surface area contributed by atoms with Crippen LogP contribution in [0.5, 0.6) is 0 Å². The molecule has 2 aliphatic rings. The van der Waals surface area contributed by atoms with Crippen LogP contribution in [0.25, 0.3) is 0 Å². The molecule has 1 fully saturated rings. The Hall–Kier alpha value is -3.47. The number of aryl methyl sites for hydroxylation is 2. The zero-order valence-electron chi connectivity index (χ0n) is 18.1. The van der Waals surface area contributed by atoms with Crippen molar-refractivity contribution in [3.63, 3.8) is 0 Å². The molecule has 3 aromatic heterocycles. The fourth-order valence-electron chi connectivity index (χ4n) is 4.41. The first-order valence-corrected chi connectivity index (χ1v) is 10.7. The number of nitrogens with zero attached hydrogens (tertiary/aromatic N) is 6. The van der Waals surface area contributed by atoms with E-state index in [-0.39, 0.29) is 18.4 Å². The topological polar surface area (TPSA) is 120 Å². The van der Waals surface area contributed by atoms with Gasteiger partial charge in [-0.3, -0.25) is 14.3 Å². The van der Waals surface area contributed by atoms with E-state index >= 15 is 0 Å². The quantitative estimate of drug-likeness (QED) is 0.633. The molecule has 3 aromatic rings. The Bertz CT molecular complexity index is 1160. The third kappa shape index (κ3) is 3.48. The molecule has 0 radical (unpaired) electrons. The molecule has 5 rings (SSSR count). The summed E-state index contributed by atoms with van der Waals surface area (Å²) in [6, 6.07) is 3.39. The number of aromatic nitrogens is 5. The third-order valence-electron chi connectivity index (χ3n) is 6.23. The maximum absolute atomic E-state index is 12.8. The van der Waals surface area contributed by atoms with Crippen molar-refractivity contribution < 1.29 is 18.7 Å². The summed E-state index contributed by atoms with van der Waals surface area (Å²) in [5, 5.41) is 15.5. The molecule has 0 saturated carbocycles. The summed E-state index contributed by atoms with van der Waals surface area (Å²) in [4.78, 5) is 27.1. The van der Waals surface area contributed by atoms with Gasteiger partial charge in [0.1, 0.15) is 22.7 Å². The number of hydrogen-bond donors (Lipinski definition) is 1. The van der Waals surface area contributed by atoms with E-state index in [1.165, 1.54) is 6.26 Å². The number of fused-ring (bicyclic) bond motifs is 1. The minimum atomic E-state index is -0.484. The lowest BCUT2D eigenvalue weighted by molar-refractivity contribution is -0.0828. The van der Waals surface area contributed by atoms with E-state index in [0.717, 1.165) is 12.1 Å². The molecule has 1 unspecified atom stereocenters. The molecule has 0 bridgehead atoms. The van der Waals surface area contributed by atoms with E-state index in [4.69, 9.17) is 9.15 Å². The van der Waals surface area contributed by atoms with E-state index in [1.807, 2.05) is 11.6 Å². The minimum absolute atomic E-state index is 0.0455. The van der Waals surface area contributed by atoms with Gasteiger partial charge in [-0.2, -0.15) is 5.10 Å². The molecule has 2 aliphatic heterocycles. The normalized spacial score (nSPS) is 20.0. The Kier molecular flexibility index (Phi) is 5.04. The molecule has 32 heavy (non-hydrogen) atoms. The Morgan fingerprint density at radius 3 is 2.94 bits per heavy atom. The van der Waals surface area contributed by atoms with Gasteiger partial charge in [0, 0.05) is 19.3 Å². The van der Waals surface area contributed by atoms with Crippen molar-refractivity contribution in [2.45, 2.75) is 52.1 Å². The van der Waals surface area contributed by atoms with Crippen molar-refractivity contribution in [1.82, 2.24) is 35.0 Å². The Morgan fingerprint density at radius 2 is 2.16 bits per heavy atom. The standard InChI is InChI=1S/C21H25N7O4/c1-3-27-17(4-7-23-27)19(29)22-10-16-18-11-32-21(13-28(18)25-24-16)6-8-26(12-21)20(30)15-5-9-31-14(15)2/h4-5,7,9H,3,6,8,10-13H2,1-2H3,(H,22,29). The van der Waals surface area contributed by atoms with Crippen molar-refractivity contribution in [3.8, 4) is 0 Å². The first-order valence-electron chi connectivity index (χ1n) is 10.7. The lowest BCUT2D eigenvalue weighted by Gasteiger charge is -2.33. The minimum Gasteiger partial charge on any atom is -0.469 e.